The average Bonchev–Trinajstić information content (AvgIpc) is 2.82. The number of benzene rings is 1. The molecule has 0 aliphatic carbocycles. The molecule has 36 heavy (non-hydrogen) atoms. The summed E-state index contributed by atoms with van der Waals surface area (Å²) in [6.07, 6.45) is -0.416. The van der Waals surface area contributed by atoms with E-state index in [1.54, 1.807) is 38.5 Å². The van der Waals surface area contributed by atoms with Crippen molar-refractivity contribution >= 4 is 23.4 Å². The Hall–Kier alpha value is -2.48. The monoisotopic (exact) mass is 510 g/mol. The van der Waals surface area contributed by atoms with E-state index in [1.807, 2.05) is 27.7 Å². The molecule has 0 unspecified atom stereocenters. The quantitative estimate of drug-likeness (QED) is 0.392. The zero-order valence-corrected chi connectivity index (χ0v) is 21.6. The van der Waals surface area contributed by atoms with Gasteiger partial charge in [0.2, 0.25) is 0 Å². The number of anilines is 2. The average molecular weight is 511 g/mol. The van der Waals surface area contributed by atoms with Crippen LogP contribution in [0.5, 0.6) is 0 Å². The molecule has 1 aromatic carbocycles. The molecule has 12 nitrogen and oxygen atoms in total. The van der Waals surface area contributed by atoms with Crippen LogP contribution in [0.25, 0.3) is 0 Å². The summed E-state index contributed by atoms with van der Waals surface area (Å²) >= 11 is 0. The van der Waals surface area contributed by atoms with Gasteiger partial charge >= 0.3 is 12.1 Å². The largest absolute Gasteiger partial charge is 0.378 e. The van der Waals surface area contributed by atoms with Crippen LogP contribution in [0.3, 0.4) is 0 Å². The fourth-order valence-electron chi connectivity index (χ4n) is 4.56. The number of carbonyl (C=O) groups is 2. The van der Waals surface area contributed by atoms with Gasteiger partial charge in [0.25, 0.3) is 0 Å². The number of methoxy groups -OCH3 is 2. The number of ether oxygens (including phenoxy) is 4. The van der Waals surface area contributed by atoms with Gasteiger partial charge in [-0.3, -0.25) is 9.68 Å². The minimum atomic E-state index is -0.577. The van der Waals surface area contributed by atoms with Gasteiger partial charge in [0.05, 0.1) is 36.6 Å². The van der Waals surface area contributed by atoms with E-state index in [2.05, 4.69) is 21.6 Å². The first-order valence-electron chi connectivity index (χ1n) is 12.1. The second kappa shape index (κ2) is 13.2. The Balaban J connectivity index is 1.47. The maximum atomic E-state index is 12.4. The van der Waals surface area contributed by atoms with Crippen molar-refractivity contribution in [1.82, 2.24) is 11.0 Å². The smallest absolute Gasteiger partial charge is 0.343 e. The highest BCUT2D eigenvalue weighted by Crippen LogP contribution is 2.25. The Labute approximate surface area is 211 Å². The van der Waals surface area contributed by atoms with Crippen molar-refractivity contribution in [2.75, 3.05) is 24.9 Å². The molecule has 0 radical (unpaired) electrons. The summed E-state index contributed by atoms with van der Waals surface area (Å²) in [6.45, 7) is 7.67. The van der Waals surface area contributed by atoms with Gasteiger partial charge in [-0.15, -0.1) is 0 Å². The van der Waals surface area contributed by atoms with E-state index in [9.17, 15) is 9.59 Å². The lowest BCUT2D eigenvalue weighted by atomic mass is 9.99. The van der Waals surface area contributed by atoms with Gasteiger partial charge < -0.3 is 29.6 Å². The molecule has 2 heterocycles. The minimum absolute atomic E-state index is 0.0426. The highest BCUT2D eigenvalue weighted by atomic mass is 16.7. The summed E-state index contributed by atoms with van der Waals surface area (Å²) in [6, 6.07) is 5.48. The van der Waals surface area contributed by atoms with Gasteiger partial charge in [-0.05, 0) is 45.9 Å². The van der Waals surface area contributed by atoms with E-state index in [0.29, 0.717) is 24.2 Å². The number of urea groups is 2. The molecular formula is C24H38N4O8. The van der Waals surface area contributed by atoms with Crippen molar-refractivity contribution in [3.8, 4) is 0 Å². The first-order chi connectivity index (χ1) is 17.2. The first kappa shape index (κ1) is 28.1. The van der Waals surface area contributed by atoms with Crippen LogP contribution in [-0.2, 0) is 28.6 Å². The number of hydrogen-bond acceptors (Lipinski definition) is 8. The SMILES string of the molecule is CO[C@H]1C[C@H](C)O[C@@H](C)[C@@H]1ONC(=O)Nc1cccc(NC(=O)NO[C@H]2[C@H](C)O[C@@H](C)C[C@@H]2OC)c1. The fraction of sp³-hybridized carbons (Fsp3) is 0.667. The van der Waals surface area contributed by atoms with Gasteiger partial charge in [0.15, 0.2) is 0 Å². The number of rotatable bonds is 8. The molecule has 2 fully saturated rings. The topological polar surface area (TPSA) is 138 Å². The number of hydroxylamine groups is 2. The molecule has 0 spiro atoms. The van der Waals surface area contributed by atoms with Gasteiger partial charge in [0, 0.05) is 38.4 Å². The van der Waals surface area contributed by atoms with Crippen molar-refractivity contribution < 1.29 is 38.2 Å². The summed E-state index contributed by atoms with van der Waals surface area (Å²) in [5.41, 5.74) is 5.67. The van der Waals surface area contributed by atoms with Crippen LogP contribution < -0.4 is 21.6 Å². The third-order valence-electron chi connectivity index (χ3n) is 6.24. The molecular weight excluding hydrogens is 472 g/mol. The highest BCUT2D eigenvalue weighted by Gasteiger charge is 2.37. The lowest BCUT2D eigenvalue weighted by Crippen LogP contribution is -2.51. The summed E-state index contributed by atoms with van der Waals surface area (Å²) < 4.78 is 22.5. The Morgan fingerprint density at radius 3 is 1.58 bits per heavy atom. The molecule has 4 amide bonds. The molecule has 4 N–H and O–H groups in total. The van der Waals surface area contributed by atoms with Crippen molar-refractivity contribution in [2.45, 2.75) is 89.4 Å². The molecule has 0 aromatic heterocycles. The van der Waals surface area contributed by atoms with Crippen molar-refractivity contribution in [2.24, 2.45) is 0 Å². The number of nitrogens with one attached hydrogen (secondary N) is 4. The zero-order chi connectivity index (χ0) is 26.2. The minimum Gasteiger partial charge on any atom is -0.378 e. The van der Waals surface area contributed by atoms with Crippen LogP contribution in [-0.4, -0.2) is 75.1 Å². The van der Waals surface area contributed by atoms with Crippen LogP contribution in [0.1, 0.15) is 40.5 Å². The Bertz CT molecular complexity index is 809. The molecule has 2 aliphatic heterocycles. The molecule has 1 aromatic rings. The molecule has 12 heteroatoms. The van der Waals surface area contributed by atoms with Crippen molar-refractivity contribution in [3.05, 3.63) is 24.3 Å². The van der Waals surface area contributed by atoms with E-state index < -0.39 is 24.3 Å². The number of amides is 4. The zero-order valence-electron chi connectivity index (χ0n) is 21.6. The van der Waals surface area contributed by atoms with Gasteiger partial charge in [0.1, 0.15) is 12.2 Å². The summed E-state index contributed by atoms with van der Waals surface area (Å²) in [5.74, 6) is 0. The fourth-order valence-corrected chi connectivity index (χ4v) is 4.56. The van der Waals surface area contributed by atoms with Gasteiger partial charge in [-0.2, -0.15) is 0 Å². The molecule has 2 aliphatic rings. The van der Waals surface area contributed by atoms with Crippen LogP contribution in [0.15, 0.2) is 24.3 Å². The maximum absolute atomic E-state index is 12.4. The summed E-state index contributed by atoms with van der Waals surface area (Å²) in [7, 11) is 3.21. The predicted octanol–water partition coefficient (Wildman–Crippen LogP) is 2.95. The van der Waals surface area contributed by atoms with E-state index >= 15 is 0 Å². The normalized spacial score (nSPS) is 32.4. The second-order valence-electron chi connectivity index (χ2n) is 9.18. The van der Waals surface area contributed by atoms with Crippen LogP contribution in [0, 0.1) is 0 Å². The third kappa shape index (κ3) is 7.76. The van der Waals surface area contributed by atoms with Crippen molar-refractivity contribution in [1.29, 1.82) is 0 Å². The lowest BCUT2D eigenvalue weighted by Gasteiger charge is -2.37. The summed E-state index contributed by atoms with van der Waals surface area (Å²) in [5, 5.41) is 5.33. The molecule has 0 saturated carbocycles. The Morgan fingerprint density at radius 1 is 0.778 bits per heavy atom. The van der Waals surface area contributed by atoms with Gasteiger partial charge in [-0.25, -0.2) is 20.5 Å². The van der Waals surface area contributed by atoms with E-state index in [4.69, 9.17) is 28.6 Å². The lowest BCUT2D eigenvalue weighted by molar-refractivity contribution is -0.199. The summed E-state index contributed by atoms with van der Waals surface area (Å²) in [4.78, 5) is 35.9. The van der Waals surface area contributed by atoms with E-state index in [1.165, 1.54) is 0 Å². The van der Waals surface area contributed by atoms with E-state index in [0.717, 1.165) is 0 Å². The van der Waals surface area contributed by atoms with Gasteiger partial charge in [-0.1, -0.05) is 6.07 Å². The van der Waals surface area contributed by atoms with Crippen LogP contribution >= 0.6 is 0 Å². The molecule has 0 bridgehead atoms. The maximum Gasteiger partial charge on any atom is 0.343 e. The Kier molecular flexibility index (Phi) is 10.3. The molecule has 202 valence electrons. The molecule has 2 saturated heterocycles. The molecule has 3 rings (SSSR count). The predicted molar refractivity (Wildman–Crippen MR) is 131 cm³/mol. The standard InChI is InChI=1S/C24H38N4O8/c1-13-10-19(31-5)21(15(3)33-13)35-27-23(29)25-17-8-7-9-18(12-17)26-24(30)28-36-22-16(4)34-14(2)11-20(22)32-6/h7-9,12-16,19-22H,10-11H2,1-6H3,(H2,25,27,29)(H2,26,28,30)/t13-,14-,15-,16-,19-,20-,21-,22-/m0/s1. The second-order valence-corrected chi connectivity index (χ2v) is 9.18. The number of hydrogen-bond donors (Lipinski definition) is 4. The highest BCUT2D eigenvalue weighted by molar-refractivity contribution is 5.92. The molecule has 8 atom stereocenters. The first-order valence-corrected chi connectivity index (χ1v) is 12.1. The third-order valence-corrected chi connectivity index (χ3v) is 6.24. The number of carbonyl (C=O) groups excluding carboxylic acids is 2. The van der Waals surface area contributed by atoms with Crippen LogP contribution in [0.4, 0.5) is 21.0 Å². The van der Waals surface area contributed by atoms with E-state index in [-0.39, 0.29) is 36.6 Å². The Morgan fingerprint density at radius 2 is 1.19 bits per heavy atom. The van der Waals surface area contributed by atoms with Crippen molar-refractivity contribution in [3.63, 3.8) is 0 Å². The van der Waals surface area contributed by atoms with Crippen LogP contribution in [0.2, 0.25) is 0 Å².